The van der Waals surface area contributed by atoms with E-state index in [-0.39, 0.29) is 11.7 Å². The molecule has 0 spiro atoms. The molecule has 1 aliphatic heterocycles. The number of aliphatic hydroxyl groups is 1. The highest BCUT2D eigenvalue weighted by molar-refractivity contribution is 6.14. The second-order valence-corrected chi connectivity index (χ2v) is 5.10. The van der Waals surface area contributed by atoms with Crippen molar-refractivity contribution in [3.63, 3.8) is 0 Å². The molecule has 0 radical (unpaired) electrons. The average Bonchev–Trinajstić information content (AvgIpc) is 2.48. The van der Waals surface area contributed by atoms with Gasteiger partial charge in [-0.2, -0.15) is 0 Å². The summed E-state index contributed by atoms with van der Waals surface area (Å²) in [6, 6.07) is 16.3. The zero-order valence-electron chi connectivity index (χ0n) is 11.6. The molecular formula is C17H15NO3. The second-order valence-electron chi connectivity index (χ2n) is 5.10. The van der Waals surface area contributed by atoms with E-state index in [0.29, 0.717) is 16.9 Å². The highest BCUT2D eigenvalue weighted by Gasteiger charge is 2.42. The van der Waals surface area contributed by atoms with E-state index in [1.165, 1.54) is 11.8 Å². The number of benzene rings is 2. The van der Waals surface area contributed by atoms with E-state index in [4.69, 9.17) is 0 Å². The number of aliphatic hydroxyl groups excluding tert-OH is 1. The number of carbonyl (C=O) groups excluding carboxylic acids is 2. The van der Waals surface area contributed by atoms with Crippen LogP contribution in [0.2, 0.25) is 0 Å². The van der Waals surface area contributed by atoms with Crippen molar-refractivity contribution >= 4 is 23.1 Å². The van der Waals surface area contributed by atoms with Crippen LogP contribution in [0.1, 0.15) is 18.6 Å². The Kier molecular flexibility index (Phi) is 3.31. The lowest BCUT2D eigenvalue weighted by Crippen LogP contribution is -2.43. The van der Waals surface area contributed by atoms with Crippen molar-refractivity contribution in [2.45, 2.75) is 13.0 Å². The summed E-state index contributed by atoms with van der Waals surface area (Å²) in [5, 5.41) is 10.4. The summed E-state index contributed by atoms with van der Waals surface area (Å²) in [6.07, 6.45) is -1.09. The fourth-order valence-corrected chi connectivity index (χ4v) is 2.75. The SMILES string of the molecule is CC(=O)C1C(=O)N(c2ccccc2)c2ccccc2C1O. The van der Waals surface area contributed by atoms with Gasteiger partial charge < -0.3 is 5.11 Å². The van der Waals surface area contributed by atoms with E-state index in [9.17, 15) is 14.7 Å². The van der Waals surface area contributed by atoms with E-state index in [1.807, 2.05) is 36.4 Å². The molecule has 1 aliphatic rings. The quantitative estimate of drug-likeness (QED) is 0.861. The van der Waals surface area contributed by atoms with Crippen LogP contribution in [-0.2, 0) is 9.59 Å². The molecule has 1 N–H and O–H groups in total. The third kappa shape index (κ3) is 2.14. The first-order valence-corrected chi connectivity index (χ1v) is 6.77. The fourth-order valence-electron chi connectivity index (χ4n) is 2.75. The summed E-state index contributed by atoms with van der Waals surface area (Å²) in [5.74, 6) is -1.78. The Morgan fingerprint density at radius 2 is 1.67 bits per heavy atom. The molecule has 0 fully saturated rings. The number of nitrogens with zero attached hydrogens (tertiary/aromatic N) is 1. The zero-order valence-corrected chi connectivity index (χ0v) is 11.6. The van der Waals surface area contributed by atoms with Crippen LogP contribution in [0, 0.1) is 5.92 Å². The third-order valence-corrected chi connectivity index (χ3v) is 3.75. The van der Waals surface area contributed by atoms with Crippen molar-refractivity contribution in [1.29, 1.82) is 0 Å². The van der Waals surface area contributed by atoms with Crippen molar-refractivity contribution in [2.24, 2.45) is 5.92 Å². The van der Waals surface area contributed by atoms with Crippen molar-refractivity contribution in [2.75, 3.05) is 4.90 Å². The first-order valence-electron chi connectivity index (χ1n) is 6.77. The summed E-state index contributed by atoms with van der Waals surface area (Å²) < 4.78 is 0. The summed E-state index contributed by atoms with van der Waals surface area (Å²) in [4.78, 5) is 26.0. The van der Waals surface area contributed by atoms with Crippen molar-refractivity contribution in [3.8, 4) is 0 Å². The van der Waals surface area contributed by atoms with Crippen molar-refractivity contribution in [1.82, 2.24) is 0 Å². The normalized spacial score (nSPS) is 21.0. The molecule has 21 heavy (non-hydrogen) atoms. The molecule has 1 amide bonds. The second kappa shape index (κ2) is 5.14. The Morgan fingerprint density at radius 1 is 1.05 bits per heavy atom. The minimum atomic E-state index is -1.09. The highest BCUT2D eigenvalue weighted by Crippen LogP contribution is 2.41. The molecule has 0 saturated heterocycles. The summed E-state index contributed by atoms with van der Waals surface area (Å²) in [5.41, 5.74) is 1.91. The molecule has 2 unspecified atom stereocenters. The number of Topliss-reactive ketones (excluding diaryl/α,β-unsaturated/α-hetero) is 1. The van der Waals surface area contributed by atoms with E-state index in [2.05, 4.69) is 0 Å². The third-order valence-electron chi connectivity index (χ3n) is 3.75. The Morgan fingerprint density at radius 3 is 2.33 bits per heavy atom. The molecule has 106 valence electrons. The first kappa shape index (κ1) is 13.5. The minimum Gasteiger partial charge on any atom is -0.387 e. The average molecular weight is 281 g/mol. The van der Waals surface area contributed by atoms with Crippen LogP contribution >= 0.6 is 0 Å². The van der Waals surface area contributed by atoms with Gasteiger partial charge in [0.1, 0.15) is 11.7 Å². The zero-order chi connectivity index (χ0) is 15.0. The van der Waals surface area contributed by atoms with Gasteiger partial charge in [0.05, 0.1) is 11.8 Å². The lowest BCUT2D eigenvalue weighted by Gasteiger charge is -2.36. The molecule has 2 aromatic rings. The highest BCUT2D eigenvalue weighted by atomic mass is 16.3. The van der Waals surface area contributed by atoms with Crippen LogP contribution in [-0.4, -0.2) is 16.8 Å². The standard InChI is InChI=1S/C17H15NO3/c1-11(19)15-16(20)13-9-5-6-10-14(13)18(17(15)21)12-7-3-2-4-8-12/h2-10,15-16,20H,1H3. The Hall–Kier alpha value is -2.46. The van der Waals surface area contributed by atoms with E-state index >= 15 is 0 Å². The number of carbonyl (C=O) groups is 2. The number of ketones is 1. The molecule has 0 saturated carbocycles. The number of hydrogen-bond acceptors (Lipinski definition) is 3. The van der Waals surface area contributed by atoms with Crippen LogP contribution in [0.3, 0.4) is 0 Å². The Labute approximate surface area is 122 Å². The van der Waals surface area contributed by atoms with Crippen LogP contribution in [0.4, 0.5) is 11.4 Å². The van der Waals surface area contributed by atoms with Gasteiger partial charge in [-0.15, -0.1) is 0 Å². The van der Waals surface area contributed by atoms with Gasteiger partial charge >= 0.3 is 0 Å². The Balaban J connectivity index is 2.21. The van der Waals surface area contributed by atoms with Gasteiger partial charge in [0, 0.05) is 11.3 Å². The molecular weight excluding hydrogens is 266 g/mol. The predicted octanol–water partition coefficient (Wildman–Crippen LogP) is 2.60. The van der Waals surface area contributed by atoms with Gasteiger partial charge in [0.15, 0.2) is 0 Å². The molecule has 1 heterocycles. The van der Waals surface area contributed by atoms with Crippen LogP contribution in [0.15, 0.2) is 54.6 Å². The summed E-state index contributed by atoms with van der Waals surface area (Å²) in [7, 11) is 0. The lowest BCUT2D eigenvalue weighted by molar-refractivity contribution is -0.136. The smallest absolute Gasteiger partial charge is 0.245 e. The van der Waals surface area contributed by atoms with Crippen LogP contribution in [0.5, 0.6) is 0 Å². The van der Waals surface area contributed by atoms with Gasteiger partial charge in [-0.25, -0.2) is 0 Å². The number of rotatable bonds is 2. The van der Waals surface area contributed by atoms with Gasteiger partial charge in [0.2, 0.25) is 5.91 Å². The number of amides is 1. The number of para-hydroxylation sites is 2. The van der Waals surface area contributed by atoms with Gasteiger partial charge in [0.25, 0.3) is 0 Å². The van der Waals surface area contributed by atoms with Gasteiger partial charge in [-0.3, -0.25) is 14.5 Å². The van der Waals surface area contributed by atoms with Gasteiger partial charge in [-0.1, -0.05) is 36.4 Å². The molecule has 4 heteroatoms. The molecule has 0 aromatic heterocycles. The number of fused-ring (bicyclic) bond motifs is 1. The number of anilines is 2. The fraction of sp³-hybridized carbons (Fsp3) is 0.176. The van der Waals surface area contributed by atoms with E-state index in [1.54, 1.807) is 18.2 Å². The van der Waals surface area contributed by atoms with Crippen LogP contribution < -0.4 is 4.90 Å². The minimum absolute atomic E-state index is 0.331. The van der Waals surface area contributed by atoms with Crippen LogP contribution in [0.25, 0.3) is 0 Å². The van der Waals surface area contributed by atoms with E-state index in [0.717, 1.165) is 0 Å². The number of hydrogen-bond donors (Lipinski definition) is 1. The van der Waals surface area contributed by atoms with Gasteiger partial charge in [-0.05, 0) is 25.1 Å². The molecule has 0 aliphatic carbocycles. The largest absolute Gasteiger partial charge is 0.387 e. The molecule has 4 nitrogen and oxygen atoms in total. The maximum absolute atomic E-state index is 12.7. The lowest BCUT2D eigenvalue weighted by atomic mass is 9.86. The maximum Gasteiger partial charge on any atom is 0.245 e. The molecule has 3 rings (SSSR count). The Bertz CT molecular complexity index is 696. The topological polar surface area (TPSA) is 57.6 Å². The monoisotopic (exact) mass is 281 g/mol. The maximum atomic E-state index is 12.7. The molecule has 2 aromatic carbocycles. The first-order chi connectivity index (χ1) is 10.1. The van der Waals surface area contributed by atoms with Crippen molar-refractivity contribution < 1.29 is 14.7 Å². The van der Waals surface area contributed by atoms with Crippen molar-refractivity contribution in [3.05, 3.63) is 60.2 Å². The molecule has 0 bridgehead atoms. The molecule has 2 atom stereocenters. The summed E-state index contributed by atoms with van der Waals surface area (Å²) in [6.45, 7) is 1.34. The summed E-state index contributed by atoms with van der Waals surface area (Å²) >= 11 is 0. The van der Waals surface area contributed by atoms with E-state index < -0.39 is 12.0 Å². The predicted molar refractivity (Wildman–Crippen MR) is 79.2 cm³/mol.